The maximum absolute atomic E-state index is 11.1. The molecule has 30 heavy (non-hydrogen) atoms. The van der Waals surface area contributed by atoms with Gasteiger partial charge in [0.25, 0.3) is 0 Å². The summed E-state index contributed by atoms with van der Waals surface area (Å²) in [6, 6.07) is -0.232. The van der Waals surface area contributed by atoms with E-state index >= 15 is 0 Å². The summed E-state index contributed by atoms with van der Waals surface area (Å²) in [5.74, 6) is -1.42. The van der Waals surface area contributed by atoms with E-state index in [0.717, 1.165) is 0 Å². The molecule has 171 valence electrons. The molecule has 3 radical (unpaired) electrons. The molecule has 5 amide bonds. The predicted octanol–water partition coefficient (Wildman–Crippen LogP) is -0.450. The summed E-state index contributed by atoms with van der Waals surface area (Å²) in [5, 5.41) is 16.8. The van der Waals surface area contributed by atoms with E-state index in [4.69, 9.17) is 5.11 Å². The van der Waals surface area contributed by atoms with Crippen molar-refractivity contribution in [2.75, 3.05) is 26.7 Å². The Balaban J connectivity index is -0.000000372. The highest BCUT2D eigenvalue weighted by Gasteiger charge is 2.21. The zero-order valence-electron chi connectivity index (χ0n) is 18.9. The highest BCUT2D eigenvalue weighted by atomic mass is 16.4. The molecule has 1 aliphatic heterocycles. The molecule has 0 aromatic heterocycles. The summed E-state index contributed by atoms with van der Waals surface area (Å²) in [7, 11) is 1.64. The van der Waals surface area contributed by atoms with Gasteiger partial charge < -0.3 is 21.1 Å². The number of rotatable bonds is 6. The van der Waals surface area contributed by atoms with E-state index in [9.17, 15) is 24.0 Å². The monoisotopic (exact) mass is 428 g/mol. The smallest absolute Gasteiger partial charge is 0.336 e. The van der Waals surface area contributed by atoms with Crippen LogP contribution in [0.25, 0.3) is 0 Å². The van der Waals surface area contributed by atoms with Gasteiger partial charge in [-0.05, 0) is 0 Å². The number of nitrogens with one attached hydrogen (secondary N) is 4. The summed E-state index contributed by atoms with van der Waals surface area (Å²) in [6.07, 6.45) is 0. The van der Waals surface area contributed by atoms with Crippen molar-refractivity contribution in [3.8, 4) is 0 Å². The molecule has 0 aromatic carbocycles. The number of carboxylic acid groups (broad SMARTS) is 1. The minimum Gasteiger partial charge on any atom is -0.480 e. The van der Waals surface area contributed by atoms with Gasteiger partial charge >= 0.3 is 12.0 Å². The molecule has 11 nitrogen and oxygen atoms in total. The third-order valence-electron chi connectivity index (χ3n) is 3.34. The Kier molecular flexibility index (Phi) is 18.2. The highest BCUT2D eigenvalue weighted by molar-refractivity contribution is 5.83. The molecule has 12 heteroatoms. The Morgan fingerprint density at radius 3 is 1.70 bits per heavy atom. The van der Waals surface area contributed by atoms with Crippen LogP contribution >= 0.6 is 0 Å². The van der Waals surface area contributed by atoms with Crippen molar-refractivity contribution in [1.29, 1.82) is 0 Å². The molecule has 1 saturated heterocycles. The molecule has 0 unspecified atom stereocenters. The van der Waals surface area contributed by atoms with E-state index in [0.29, 0.717) is 13.1 Å². The first-order chi connectivity index (χ1) is 13.3. The minimum absolute atomic E-state index is 0. The normalized spacial score (nSPS) is 11.9. The lowest BCUT2D eigenvalue weighted by Gasteiger charge is -2.16. The number of urea groups is 1. The van der Waals surface area contributed by atoms with Gasteiger partial charge in [0.1, 0.15) is 6.54 Å². The highest BCUT2D eigenvalue weighted by Crippen LogP contribution is 1.96. The number of carbonyl (C=O) groups is 5. The first-order valence-corrected chi connectivity index (χ1v) is 9.40. The van der Waals surface area contributed by atoms with Crippen molar-refractivity contribution in [3.05, 3.63) is 0 Å². The fourth-order valence-corrected chi connectivity index (χ4v) is 1.50. The maximum atomic E-state index is 11.1. The maximum Gasteiger partial charge on any atom is 0.336 e. The van der Waals surface area contributed by atoms with Crippen LogP contribution in [0, 0.1) is 17.8 Å². The topological polar surface area (TPSA) is 157 Å². The van der Waals surface area contributed by atoms with Crippen molar-refractivity contribution >= 4 is 38.1 Å². The van der Waals surface area contributed by atoms with Crippen LogP contribution in [0.1, 0.15) is 41.5 Å². The van der Waals surface area contributed by atoms with Crippen LogP contribution in [-0.2, 0) is 19.2 Å². The zero-order chi connectivity index (χ0) is 23.1. The molecular weight excluding hydrogens is 393 g/mol. The van der Waals surface area contributed by atoms with E-state index in [2.05, 4.69) is 21.4 Å². The van der Waals surface area contributed by atoms with Crippen molar-refractivity contribution in [1.82, 2.24) is 26.4 Å². The number of hydrogen-bond acceptors (Lipinski definition) is 5. The van der Waals surface area contributed by atoms with Gasteiger partial charge in [0.2, 0.25) is 17.7 Å². The molecule has 5 N–H and O–H groups in total. The van der Waals surface area contributed by atoms with Crippen LogP contribution in [-0.4, -0.2) is 74.9 Å². The SMILES string of the molecule is CC(C)C(=O)NCC(=O)O.CC(C)C(=O)NN1CCNC1=O.CNC(=O)C(C)C.[B]. The molecular formula is C18H35BN5O6. The Hall–Kier alpha value is -2.79. The van der Waals surface area contributed by atoms with Crippen molar-refractivity contribution in [2.24, 2.45) is 17.8 Å². The zero-order valence-corrected chi connectivity index (χ0v) is 18.9. The van der Waals surface area contributed by atoms with Gasteiger partial charge in [-0.2, -0.15) is 0 Å². The number of nitrogens with zero attached hydrogens (tertiary/aromatic N) is 1. The molecule has 1 rings (SSSR count). The number of aliphatic carboxylic acids is 1. The van der Waals surface area contributed by atoms with Crippen molar-refractivity contribution in [2.45, 2.75) is 41.5 Å². The molecule has 0 bridgehead atoms. The standard InChI is InChI=1S/C7H13N3O2.C6H11NO3.C5H11NO.B/c1-5(2)6(11)9-10-4-3-8-7(10)12;1-4(2)6(10)7-3-5(8)9;1-4(2)5(7)6-3;/h5H,3-4H2,1-2H3,(H,8,12)(H,9,11);4H,3H2,1-2H3,(H,7,10)(H,8,9);4H,1-3H3,(H,6,7);. The van der Waals surface area contributed by atoms with Gasteiger partial charge in [0, 0.05) is 39.8 Å². The van der Waals surface area contributed by atoms with Crippen LogP contribution in [0.5, 0.6) is 0 Å². The second-order valence-electron chi connectivity index (χ2n) is 7.05. The molecule has 0 saturated carbocycles. The Morgan fingerprint density at radius 1 is 0.967 bits per heavy atom. The van der Waals surface area contributed by atoms with Crippen LogP contribution in [0.2, 0.25) is 0 Å². The molecule has 0 spiro atoms. The quantitative estimate of drug-likeness (QED) is 0.361. The Bertz CT molecular complexity index is 569. The number of hydrazine groups is 1. The lowest BCUT2D eigenvalue weighted by molar-refractivity contribution is -0.138. The van der Waals surface area contributed by atoms with Crippen LogP contribution < -0.4 is 21.4 Å². The minimum atomic E-state index is -1.02. The summed E-state index contributed by atoms with van der Waals surface area (Å²) >= 11 is 0. The molecule has 1 fully saturated rings. The third kappa shape index (κ3) is 16.2. The van der Waals surface area contributed by atoms with Crippen LogP contribution in [0.15, 0.2) is 0 Å². The second-order valence-corrected chi connectivity index (χ2v) is 7.05. The van der Waals surface area contributed by atoms with Gasteiger partial charge in [-0.1, -0.05) is 41.5 Å². The summed E-state index contributed by atoms with van der Waals surface area (Å²) in [6.45, 7) is 11.5. The summed E-state index contributed by atoms with van der Waals surface area (Å²) < 4.78 is 0. The summed E-state index contributed by atoms with van der Waals surface area (Å²) in [5.41, 5.74) is 2.51. The number of carbonyl (C=O) groups excluding carboxylic acids is 4. The van der Waals surface area contributed by atoms with E-state index in [1.54, 1.807) is 34.7 Å². The first kappa shape index (κ1) is 31.9. The molecule has 1 heterocycles. The third-order valence-corrected chi connectivity index (χ3v) is 3.34. The predicted molar refractivity (Wildman–Crippen MR) is 113 cm³/mol. The van der Waals surface area contributed by atoms with Gasteiger partial charge in [0.15, 0.2) is 0 Å². The van der Waals surface area contributed by atoms with E-state index < -0.39 is 5.97 Å². The van der Waals surface area contributed by atoms with E-state index in [-0.39, 0.29) is 56.5 Å². The van der Waals surface area contributed by atoms with Crippen molar-refractivity contribution < 1.29 is 29.1 Å². The largest absolute Gasteiger partial charge is 0.480 e. The fraction of sp³-hybridized carbons (Fsp3) is 0.722. The Morgan fingerprint density at radius 2 is 1.43 bits per heavy atom. The average molecular weight is 428 g/mol. The number of carboxylic acids is 1. The van der Waals surface area contributed by atoms with E-state index in [1.807, 2.05) is 13.8 Å². The van der Waals surface area contributed by atoms with Gasteiger partial charge in [0.05, 0.1) is 6.54 Å². The molecule has 0 atom stereocenters. The van der Waals surface area contributed by atoms with Crippen LogP contribution in [0.3, 0.4) is 0 Å². The van der Waals surface area contributed by atoms with E-state index in [1.165, 1.54) is 5.01 Å². The van der Waals surface area contributed by atoms with Gasteiger partial charge in [-0.15, -0.1) is 0 Å². The fourth-order valence-electron chi connectivity index (χ4n) is 1.50. The second kappa shape index (κ2) is 17.1. The first-order valence-electron chi connectivity index (χ1n) is 9.40. The lowest BCUT2D eigenvalue weighted by Crippen LogP contribution is -2.45. The molecule has 1 aliphatic rings. The van der Waals surface area contributed by atoms with Crippen LogP contribution in [0.4, 0.5) is 4.79 Å². The molecule has 0 aromatic rings. The van der Waals surface area contributed by atoms with Gasteiger partial charge in [-0.25, -0.2) is 9.80 Å². The molecule has 0 aliphatic carbocycles. The lowest BCUT2D eigenvalue weighted by atomic mass is 10.2. The Labute approximate surface area is 180 Å². The number of hydrogen-bond donors (Lipinski definition) is 5. The summed E-state index contributed by atoms with van der Waals surface area (Å²) in [4.78, 5) is 53.0. The van der Waals surface area contributed by atoms with Gasteiger partial charge in [-0.3, -0.25) is 24.6 Å². The number of amides is 5. The average Bonchev–Trinajstić information content (AvgIpc) is 3.04. The van der Waals surface area contributed by atoms with Crippen molar-refractivity contribution in [3.63, 3.8) is 0 Å².